The minimum atomic E-state index is -0.453. The Hall–Kier alpha value is -2.71. The summed E-state index contributed by atoms with van der Waals surface area (Å²) in [5.41, 5.74) is 1.65. The van der Waals surface area contributed by atoms with Crippen molar-refractivity contribution in [3.05, 3.63) is 48.3 Å². The molecule has 3 saturated carbocycles. The maximum Gasteiger partial charge on any atom is 0.481 e. The average Bonchev–Trinajstić information content (AvgIpc) is 3.47. The molecule has 2 aromatic carbocycles. The zero-order valence-electron chi connectivity index (χ0n) is 27.0. The Morgan fingerprint density at radius 1 is 1.07 bits per heavy atom. The van der Waals surface area contributed by atoms with Crippen LogP contribution in [0.3, 0.4) is 0 Å². The quantitative estimate of drug-likeness (QED) is 0.260. The summed E-state index contributed by atoms with van der Waals surface area (Å²) in [6.45, 7) is 14.3. The van der Waals surface area contributed by atoms with Crippen LogP contribution in [0.25, 0.3) is 21.8 Å². The molecule has 1 unspecified atom stereocenters. The summed E-state index contributed by atoms with van der Waals surface area (Å²) in [6, 6.07) is 12.5. The molecule has 1 aromatic heterocycles. The van der Waals surface area contributed by atoms with Crippen molar-refractivity contribution in [1.82, 2.24) is 9.47 Å². The summed E-state index contributed by atoms with van der Waals surface area (Å²) in [5, 5.41) is 1.72. The largest absolute Gasteiger partial charge is 0.481 e. The lowest BCUT2D eigenvalue weighted by Gasteiger charge is -2.64. The summed E-state index contributed by atoms with van der Waals surface area (Å²) in [4.78, 5) is 29.9. The van der Waals surface area contributed by atoms with Crippen LogP contribution in [0, 0.1) is 40.8 Å². The second-order valence-corrected chi connectivity index (χ2v) is 15.6. The fraction of sp³-hybridized carbons (Fsp3) is 0.611. The van der Waals surface area contributed by atoms with Gasteiger partial charge in [0.2, 0.25) is 5.91 Å². The molecule has 5 aliphatic rings. The molecular weight excluding hydrogens is 554 g/mol. The first-order chi connectivity index (χ1) is 20.9. The van der Waals surface area contributed by atoms with Gasteiger partial charge in [0.1, 0.15) is 5.82 Å². The van der Waals surface area contributed by atoms with Crippen molar-refractivity contribution >= 4 is 40.6 Å². The normalized spacial score (nSPS) is 31.9. The van der Waals surface area contributed by atoms with Crippen LogP contribution in [-0.2, 0) is 25.4 Å². The van der Waals surface area contributed by atoms with E-state index in [1.165, 1.54) is 18.6 Å². The number of fused-ring (bicyclic) bond motifs is 3. The van der Waals surface area contributed by atoms with Gasteiger partial charge in [0, 0.05) is 40.7 Å². The van der Waals surface area contributed by atoms with Gasteiger partial charge < -0.3 is 18.8 Å². The molecule has 2 aliphatic heterocycles. The summed E-state index contributed by atoms with van der Waals surface area (Å²) in [7, 11) is -0.453. The fourth-order valence-electron chi connectivity index (χ4n) is 9.43. The number of likely N-dealkylation sites (tertiary alicyclic amines) is 1. The van der Waals surface area contributed by atoms with E-state index in [1.54, 1.807) is 6.07 Å². The predicted molar refractivity (Wildman–Crippen MR) is 171 cm³/mol. The Bertz CT molecular complexity index is 1620. The second-order valence-electron chi connectivity index (χ2n) is 15.6. The van der Waals surface area contributed by atoms with Crippen molar-refractivity contribution in [2.75, 3.05) is 6.54 Å². The first-order valence-corrected chi connectivity index (χ1v) is 16.7. The summed E-state index contributed by atoms with van der Waals surface area (Å²) >= 11 is 0. The van der Waals surface area contributed by atoms with Crippen molar-refractivity contribution in [2.24, 2.45) is 35.0 Å². The molecule has 1 amide bonds. The van der Waals surface area contributed by atoms with Gasteiger partial charge in [0.25, 0.3) is 0 Å². The van der Waals surface area contributed by atoms with Gasteiger partial charge in [-0.05, 0) is 86.0 Å². The van der Waals surface area contributed by atoms with Crippen molar-refractivity contribution in [1.29, 1.82) is 0 Å². The Kier molecular flexibility index (Phi) is 7.28. The molecule has 44 heavy (non-hydrogen) atoms. The second kappa shape index (κ2) is 10.7. The number of hydrogen-bond acceptors (Lipinski definition) is 4. The summed E-state index contributed by atoms with van der Waals surface area (Å²) < 4.78 is 29.7. The molecule has 2 bridgehead atoms. The number of aromatic nitrogens is 1. The van der Waals surface area contributed by atoms with E-state index in [0.717, 1.165) is 34.6 Å². The molecule has 3 aliphatic carbocycles. The van der Waals surface area contributed by atoms with E-state index in [4.69, 9.17) is 9.31 Å². The van der Waals surface area contributed by atoms with Crippen molar-refractivity contribution in [3.63, 3.8) is 0 Å². The highest BCUT2D eigenvalue weighted by Gasteiger charge is 2.69. The van der Waals surface area contributed by atoms with Gasteiger partial charge in [0.05, 0.1) is 24.2 Å². The molecule has 0 spiro atoms. The van der Waals surface area contributed by atoms with Crippen molar-refractivity contribution in [3.8, 4) is 0 Å². The number of para-hydroxylation sites is 1. The van der Waals surface area contributed by atoms with Gasteiger partial charge in [-0.3, -0.25) is 9.59 Å². The van der Waals surface area contributed by atoms with E-state index < -0.39 is 7.12 Å². The maximum absolute atomic E-state index is 14.2. The topological polar surface area (TPSA) is 60.8 Å². The molecule has 8 heteroatoms. The number of halogens is 1. The molecule has 234 valence electrons. The Morgan fingerprint density at radius 3 is 2.57 bits per heavy atom. The van der Waals surface area contributed by atoms with Gasteiger partial charge in [0.15, 0.2) is 5.78 Å². The number of piperidine rings is 1. The Balaban J connectivity index is 1.11. The summed E-state index contributed by atoms with van der Waals surface area (Å²) in [6.07, 6.45) is 3.94. The predicted octanol–water partition coefficient (Wildman–Crippen LogP) is 7.06. The van der Waals surface area contributed by atoms with E-state index >= 15 is 0 Å². The Labute approximate surface area is 260 Å². The maximum atomic E-state index is 14.2. The minimum Gasteiger partial charge on any atom is -0.404 e. The lowest BCUT2D eigenvalue weighted by molar-refractivity contribution is -0.199. The van der Waals surface area contributed by atoms with Crippen LogP contribution in [0.4, 0.5) is 4.39 Å². The number of rotatable bonds is 8. The van der Waals surface area contributed by atoms with Gasteiger partial charge in [-0.25, -0.2) is 4.39 Å². The molecule has 3 aromatic rings. The van der Waals surface area contributed by atoms with E-state index in [1.807, 2.05) is 33.7 Å². The zero-order valence-corrected chi connectivity index (χ0v) is 27.0. The fourth-order valence-corrected chi connectivity index (χ4v) is 9.43. The standard InChI is InChI=1S/C36H46BFN2O4/c1-21(2)13-33(37-43-32-17-24-16-31(35(24,4)5)36(32,6)44-37)40-19-22(3)14-23(34(40)42)15-26(41)20-39-29-10-8-7-9-27(29)28-18-25(38)11-12-30(28)39/h7-12,18,21-24,31-33H,13-17,19-20H2,1-6H3/t22?,23-,24+,31+,32-,33+,36+/m1/s1. The van der Waals surface area contributed by atoms with Crippen LogP contribution in [0.5, 0.6) is 0 Å². The lowest BCUT2D eigenvalue weighted by Crippen LogP contribution is -2.65. The van der Waals surface area contributed by atoms with Crippen LogP contribution in [-0.4, -0.2) is 52.5 Å². The number of Topliss-reactive ketones (excluding diaryl/α,β-unsaturated/α-hetero) is 1. The van der Waals surface area contributed by atoms with Gasteiger partial charge in [-0.1, -0.05) is 52.8 Å². The lowest BCUT2D eigenvalue weighted by atomic mass is 9.43. The Morgan fingerprint density at radius 2 is 1.82 bits per heavy atom. The first-order valence-electron chi connectivity index (χ1n) is 16.7. The SMILES string of the molecule is CC(C)C[C@@H](B1O[C@@H]2C[C@@H]3C[C@@H](C3(C)C)[C@]2(C)O1)N1CC(C)C[C@H](CC(=O)Cn2c3ccccc3c3cc(F)ccc32)C1=O. The van der Waals surface area contributed by atoms with Crippen LogP contribution in [0.1, 0.15) is 73.6 Å². The first kappa shape index (κ1) is 30.0. The smallest absolute Gasteiger partial charge is 0.404 e. The van der Waals surface area contributed by atoms with Crippen LogP contribution >= 0.6 is 0 Å². The molecule has 0 N–H and O–H groups in total. The third kappa shape index (κ3) is 4.74. The highest BCUT2D eigenvalue weighted by Crippen LogP contribution is 2.66. The number of nitrogens with zero attached hydrogens (tertiary/aromatic N) is 2. The van der Waals surface area contributed by atoms with Crippen LogP contribution in [0.15, 0.2) is 42.5 Å². The van der Waals surface area contributed by atoms with Crippen LogP contribution < -0.4 is 0 Å². The average molecular weight is 601 g/mol. The molecule has 6 nitrogen and oxygen atoms in total. The number of carbonyl (C=O) groups excluding carboxylic acids is 2. The van der Waals surface area contributed by atoms with E-state index in [0.29, 0.717) is 30.7 Å². The number of benzene rings is 2. The number of ketones is 1. The molecule has 3 heterocycles. The number of hydrogen-bond donors (Lipinski definition) is 0. The third-order valence-corrected chi connectivity index (χ3v) is 11.8. The molecule has 0 radical (unpaired) electrons. The molecular formula is C36H46BFN2O4. The molecule has 8 rings (SSSR count). The van der Waals surface area contributed by atoms with E-state index in [-0.39, 0.29) is 65.4 Å². The highest BCUT2D eigenvalue weighted by atomic mass is 19.1. The monoisotopic (exact) mass is 600 g/mol. The van der Waals surface area contributed by atoms with Gasteiger partial charge >= 0.3 is 7.12 Å². The van der Waals surface area contributed by atoms with Crippen molar-refractivity contribution < 1.29 is 23.3 Å². The third-order valence-electron chi connectivity index (χ3n) is 11.8. The highest BCUT2D eigenvalue weighted by molar-refractivity contribution is 6.47. The molecule has 7 atom stereocenters. The summed E-state index contributed by atoms with van der Waals surface area (Å²) in [5.74, 6) is 0.950. The van der Waals surface area contributed by atoms with Crippen molar-refractivity contribution in [2.45, 2.75) is 97.8 Å². The zero-order chi connectivity index (χ0) is 31.1. The van der Waals surface area contributed by atoms with Crippen LogP contribution in [0.2, 0.25) is 0 Å². The number of amides is 1. The van der Waals surface area contributed by atoms with E-state index in [9.17, 15) is 14.0 Å². The molecule has 5 fully saturated rings. The van der Waals surface area contributed by atoms with Gasteiger partial charge in [-0.2, -0.15) is 0 Å². The minimum absolute atomic E-state index is 0.0127. The van der Waals surface area contributed by atoms with Gasteiger partial charge in [-0.15, -0.1) is 0 Å². The molecule has 2 saturated heterocycles. The van der Waals surface area contributed by atoms with E-state index in [2.05, 4.69) is 41.5 Å². The number of carbonyl (C=O) groups is 2.